The molecule has 0 saturated heterocycles. The Morgan fingerprint density at radius 3 is 0.915 bits per heavy atom. The van der Waals surface area contributed by atoms with Gasteiger partial charge in [-0.25, -0.2) is 29.9 Å². The number of furan rings is 2. The number of aromatic nitrogens is 6. The smallest absolute Gasteiger partial charge is 0.164 e. The lowest BCUT2D eigenvalue weighted by atomic mass is 9.94. The maximum absolute atomic E-state index is 6.36. The third-order valence-corrected chi connectivity index (χ3v) is 18.6. The van der Waals surface area contributed by atoms with Crippen molar-refractivity contribution in [2.24, 2.45) is 0 Å². The number of nitrogens with zero attached hydrogens (tertiary/aromatic N) is 6. The highest BCUT2D eigenvalue weighted by atomic mass is 16.3. The van der Waals surface area contributed by atoms with Crippen LogP contribution in [0.2, 0.25) is 0 Å². The molecule has 0 aliphatic heterocycles. The number of fused-ring (bicyclic) bond motifs is 11. The zero-order valence-electron chi connectivity index (χ0n) is 50.4. The van der Waals surface area contributed by atoms with Gasteiger partial charge in [0, 0.05) is 54.9 Å². The second kappa shape index (κ2) is 21.4. The summed E-state index contributed by atoms with van der Waals surface area (Å²) in [7, 11) is 0. The molecule has 0 fully saturated rings. The van der Waals surface area contributed by atoms with Crippen LogP contribution in [0.1, 0.15) is 0 Å². The van der Waals surface area contributed by atoms with Crippen molar-refractivity contribution in [3.63, 3.8) is 0 Å². The van der Waals surface area contributed by atoms with E-state index in [1.807, 2.05) is 54.6 Å². The van der Waals surface area contributed by atoms with Gasteiger partial charge in [0.1, 0.15) is 22.3 Å². The van der Waals surface area contributed by atoms with E-state index in [-0.39, 0.29) is 0 Å². The zero-order valence-corrected chi connectivity index (χ0v) is 50.4. The van der Waals surface area contributed by atoms with Gasteiger partial charge in [-0.2, -0.15) is 0 Å². The molecule has 436 valence electrons. The molecule has 0 spiro atoms. The minimum absolute atomic E-state index is 0.595. The third kappa shape index (κ3) is 9.07. The summed E-state index contributed by atoms with van der Waals surface area (Å²) in [6.45, 7) is 0. The average molecular weight is 1200 g/mol. The van der Waals surface area contributed by atoms with E-state index in [1.54, 1.807) is 0 Å². The molecule has 19 aromatic rings. The summed E-state index contributed by atoms with van der Waals surface area (Å²) >= 11 is 0. The van der Waals surface area contributed by atoms with Crippen LogP contribution >= 0.6 is 0 Å². The fourth-order valence-corrected chi connectivity index (χ4v) is 13.8. The highest BCUT2D eigenvalue weighted by Crippen LogP contribution is 2.42. The average Bonchev–Trinajstić information content (AvgIpc) is 1.08. The SMILES string of the molecule is c1ccc(-c2nc(-c3ccc4cc(-c5ccc6cc(-c7nc(-c8ccc9ccccc9c8)nc(-c8ccc(-c9ccc%10c(c9)oc9ccccc9%10)c9ccccc89)n7)ccc6c5)ccc4c3)nc(-c3ccc(-c4ccc5c(c4)oc4ccccc45)c4ccccc34)n2)cc1. The molecular formula is C86H50N6O2. The largest absolute Gasteiger partial charge is 0.456 e. The minimum Gasteiger partial charge on any atom is -0.456 e. The van der Waals surface area contributed by atoms with Crippen molar-refractivity contribution in [2.45, 2.75) is 0 Å². The topological polar surface area (TPSA) is 104 Å². The summed E-state index contributed by atoms with van der Waals surface area (Å²) in [6, 6.07) is 106. The molecule has 0 aliphatic carbocycles. The molecule has 0 amide bonds. The summed E-state index contributed by atoms with van der Waals surface area (Å²) in [6.07, 6.45) is 0. The van der Waals surface area contributed by atoms with E-state index in [0.29, 0.717) is 34.9 Å². The molecule has 0 N–H and O–H groups in total. The molecule has 19 rings (SSSR count). The van der Waals surface area contributed by atoms with E-state index < -0.39 is 0 Å². The Morgan fingerprint density at radius 1 is 0.160 bits per heavy atom. The predicted octanol–water partition coefficient (Wildman–Crippen LogP) is 22.6. The maximum atomic E-state index is 6.36. The molecule has 94 heavy (non-hydrogen) atoms. The van der Waals surface area contributed by atoms with Gasteiger partial charge in [0.2, 0.25) is 0 Å². The summed E-state index contributed by atoms with van der Waals surface area (Å²) in [5.41, 5.74) is 15.5. The number of hydrogen-bond acceptors (Lipinski definition) is 8. The molecule has 4 heterocycles. The summed E-state index contributed by atoms with van der Waals surface area (Å²) < 4.78 is 12.7. The molecule has 0 saturated carbocycles. The van der Waals surface area contributed by atoms with Gasteiger partial charge in [0.25, 0.3) is 0 Å². The fraction of sp³-hybridized carbons (Fsp3) is 0. The molecule has 15 aromatic carbocycles. The van der Waals surface area contributed by atoms with Crippen LogP contribution in [0.5, 0.6) is 0 Å². The van der Waals surface area contributed by atoms with Gasteiger partial charge in [0.05, 0.1) is 0 Å². The van der Waals surface area contributed by atoms with Crippen molar-refractivity contribution < 1.29 is 8.83 Å². The number of rotatable bonds is 9. The van der Waals surface area contributed by atoms with Crippen LogP contribution < -0.4 is 0 Å². The Morgan fingerprint density at radius 2 is 0.457 bits per heavy atom. The molecule has 0 aliphatic rings. The van der Waals surface area contributed by atoms with Crippen LogP contribution in [0.25, 0.3) is 199 Å². The standard InChI is InChI=1S/C86H50N6O2/c1-2-15-52(16-3-1)81-87-82(90-85(89-81)75-42-40-65(67-18-6-8-20-69(67)75)60-36-38-73-71-22-10-12-24-77(71)93-79(73)49-60)63-34-31-56-44-54(27-29-58(56)47-63)55-28-30-59-48-64(35-32-57(59)45-55)84-88-83(62-33-26-51-14-4-5-17-53(51)46-62)91-86(92-84)76-43-41-66(68-19-7-9-21-70(68)76)61-37-39-74-72-23-11-13-25-78(72)94-80(74)50-61/h1-50H. The van der Waals surface area contributed by atoms with Crippen LogP contribution in [0.3, 0.4) is 0 Å². The van der Waals surface area contributed by atoms with Crippen molar-refractivity contribution in [3.8, 4) is 102 Å². The number of para-hydroxylation sites is 2. The minimum atomic E-state index is 0.595. The molecule has 0 bridgehead atoms. The van der Waals surface area contributed by atoms with Crippen LogP contribution in [0.15, 0.2) is 312 Å². The van der Waals surface area contributed by atoms with Gasteiger partial charge in [-0.1, -0.05) is 224 Å². The Kier molecular flexibility index (Phi) is 12.1. The molecule has 8 nitrogen and oxygen atoms in total. The Labute approximate surface area is 538 Å². The van der Waals surface area contributed by atoms with Crippen molar-refractivity contribution in [3.05, 3.63) is 303 Å². The second-order valence-corrected chi connectivity index (χ2v) is 24.1. The Balaban J connectivity index is 0.654. The first kappa shape index (κ1) is 53.1. The molecule has 0 unspecified atom stereocenters. The van der Waals surface area contributed by atoms with E-state index >= 15 is 0 Å². The monoisotopic (exact) mass is 1200 g/mol. The zero-order chi connectivity index (χ0) is 61.8. The first-order chi connectivity index (χ1) is 46.5. The Bertz CT molecular complexity index is 6330. The first-order valence-corrected chi connectivity index (χ1v) is 31.5. The molecule has 0 atom stereocenters. The normalized spacial score (nSPS) is 11.8. The van der Waals surface area contributed by atoms with Gasteiger partial charge in [-0.3, -0.25) is 0 Å². The highest BCUT2D eigenvalue weighted by Gasteiger charge is 2.21. The van der Waals surface area contributed by atoms with Gasteiger partial charge in [-0.05, 0) is 166 Å². The molecule has 4 aromatic heterocycles. The van der Waals surface area contributed by atoms with Crippen LogP contribution in [-0.4, -0.2) is 29.9 Å². The van der Waals surface area contributed by atoms with E-state index in [2.05, 4.69) is 249 Å². The van der Waals surface area contributed by atoms with Gasteiger partial charge in [-0.15, -0.1) is 0 Å². The summed E-state index contributed by atoms with van der Waals surface area (Å²) in [5, 5.41) is 15.4. The lowest BCUT2D eigenvalue weighted by Gasteiger charge is -2.14. The second-order valence-electron chi connectivity index (χ2n) is 24.1. The van der Waals surface area contributed by atoms with Gasteiger partial charge < -0.3 is 8.83 Å². The van der Waals surface area contributed by atoms with E-state index in [4.69, 9.17) is 38.7 Å². The molecule has 8 heteroatoms. The lowest BCUT2D eigenvalue weighted by molar-refractivity contribution is 0.668. The van der Waals surface area contributed by atoms with Crippen LogP contribution in [0, 0.1) is 0 Å². The molecule has 0 radical (unpaired) electrons. The van der Waals surface area contributed by atoms with Crippen molar-refractivity contribution in [2.75, 3.05) is 0 Å². The van der Waals surface area contributed by atoms with Crippen LogP contribution in [0.4, 0.5) is 0 Å². The van der Waals surface area contributed by atoms with E-state index in [1.165, 1.54) is 0 Å². The van der Waals surface area contributed by atoms with Crippen molar-refractivity contribution >= 4 is 97.7 Å². The third-order valence-electron chi connectivity index (χ3n) is 18.6. The maximum Gasteiger partial charge on any atom is 0.164 e. The fourth-order valence-electron chi connectivity index (χ4n) is 13.8. The van der Waals surface area contributed by atoms with Crippen LogP contribution in [-0.2, 0) is 0 Å². The predicted molar refractivity (Wildman–Crippen MR) is 384 cm³/mol. The quantitative estimate of drug-likeness (QED) is 0.141. The number of hydrogen-bond donors (Lipinski definition) is 0. The van der Waals surface area contributed by atoms with Gasteiger partial charge >= 0.3 is 0 Å². The van der Waals surface area contributed by atoms with Crippen molar-refractivity contribution in [1.29, 1.82) is 0 Å². The molecular weight excluding hydrogens is 1150 g/mol. The number of benzene rings is 15. The highest BCUT2D eigenvalue weighted by molar-refractivity contribution is 6.11. The lowest BCUT2D eigenvalue weighted by Crippen LogP contribution is -2.01. The first-order valence-electron chi connectivity index (χ1n) is 31.5. The Hall–Kier alpha value is -12.8. The van der Waals surface area contributed by atoms with E-state index in [0.717, 1.165) is 165 Å². The summed E-state index contributed by atoms with van der Waals surface area (Å²) in [4.78, 5) is 31.5. The van der Waals surface area contributed by atoms with E-state index in [9.17, 15) is 0 Å². The van der Waals surface area contributed by atoms with Crippen molar-refractivity contribution in [1.82, 2.24) is 29.9 Å². The summed E-state index contributed by atoms with van der Waals surface area (Å²) in [5.74, 6) is 3.61. The van der Waals surface area contributed by atoms with Gasteiger partial charge in [0.15, 0.2) is 34.9 Å².